The standard InChI is InChI=1S/C24H22O2S/c1-3-9-19(10-4-1)17-23(21-13-7-15-25-21)27-24(22-14-8-16-26-22)18-20-11-5-2-6-12-20/h1-16,23-24H,17-18H2. The second-order valence-electron chi connectivity index (χ2n) is 6.52. The third-order valence-corrected chi connectivity index (χ3v) is 6.03. The van der Waals surface area contributed by atoms with Gasteiger partial charge in [0.15, 0.2) is 0 Å². The second-order valence-corrected chi connectivity index (χ2v) is 7.93. The molecule has 0 saturated heterocycles. The predicted molar refractivity (Wildman–Crippen MR) is 111 cm³/mol. The zero-order valence-electron chi connectivity index (χ0n) is 15.0. The van der Waals surface area contributed by atoms with Crippen LogP contribution in [0.3, 0.4) is 0 Å². The first-order valence-corrected chi connectivity index (χ1v) is 10.1. The van der Waals surface area contributed by atoms with E-state index in [-0.39, 0.29) is 10.5 Å². The second kappa shape index (κ2) is 8.83. The van der Waals surface area contributed by atoms with Crippen LogP contribution in [0.5, 0.6) is 0 Å². The first-order chi connectivity index (χ1) is 13.4. The molecule has 0 amide bonds. The third-order valence-electron chi connectivity index (χ3n) is 4.58. The lowest BCUT2D eigenvalue weighted by Gasteiger charge is -2.21. The van der Waals surface area contributed by atoms with Crippen molar-refractivity contribution in [1.82, 2.24) is 0 Å². The molecular weight excluding hydrogens is 352 g/mol. The van der Waals surface area contributed by atoms with Crippen LogP contribution >= 0.6 is 11.8 Å². The maximum atomic E-state index is 5.78. The van der Waals surface area contributed by atoms with Gasteiger partial charge in [0.1, 0.15) is 11.5 Å². The Hall–Kier alpha value is -2.65. The Labute approximate surface area is 164 Å². The lowest BCUT2D eigenvalue weighted by atomic mass is 10.1. The van der Waals surface area contributed by atoms with Crippen molar-refractivity contribution in [3.63, 3.8) is 0 Å². The Bertz CT molecular complexity index is 822. The normalized spacial score (nSPS) is 13.3. The lowest BCUT2D eigenvalue weighted by Crippen LogP contribution is -2.05. The molecule has 0 aliphatic rings. The number of hydrogen-bond donors (Lipinski definition) is 0. The molecule has 2 nitrogen and oxygen atoms in total. The van der Waals surface area contributed by atoms with Crippen molar-refractivity contribution < 1.29 is 8.83 Å². The monoisotopic (exact) mass is 374 g/mol. The van der Waals surface area contributed by atoms with E-state index in [0.717, 1.165) is 24.4 Å². The molecule has 0 fully saturated rings. The smallest absolute Gasteiger partial charge is 0.117 e. The summed E-state index contributed by atoms with van der Waals surface area (Å²) in [6.07, 6.45) is 5.36. The highest BCUT2D eigenvalue weighted by molar-refractivity contribution is 7.99. The summed E-state index contributed by atoms with van der Waals surface area (Å²) in [5.41, 5.74) is 2.62. The van der Waals surface area contributed by atoms with E-state index in [1.165, 1.54) is 11.1 Å². The lowest BCUT2D eigenvalue weighted by molar-refractivity contribution is 0.495. The molecule has 2 atom stereocenters. The van der Waals surface area contributed by atoms with E-state index < -0.39 is 0 Å². The Morgan fingerprint density at radius 2 is 1.00 bits per heavy atom. The molecule has 0 aliphatic heterocycles. The van der Waals surface area contributed by atoms with E-state index in [4.69, 9.17) is 8.83 Å². The van der Waals surface area contributed by atoms with Crippen LogP contribution in [-0.4, -0.2) is 0 Å². The minimum absolute atomic E-state index is 0.223. The van der Waals surface area contributed by atoms with Crippen molar-refractivity contribution in [3.8, 4) is 0 Å². The van der Waals surface area contributed by atoms with Gasteiger partial charge in [-0.1, -0.05) is 60.7 Å². The van der Waals surface area contributed by atoms with Gasteiger partial charge in [-0.2, -0.15) is 0 Å². The molecule has 2 heterocycles. The maximum absolute atomic E-state index is 5.78. The van der Waals surface area contributed by atoms with Crippen molar-refractivity contribution in [2.75, 3.05) is 0 Å². The molecule has 2 aromatic heterocycles. The highest BCUT2D eigenvalue weighted by atomic mass is 32.2. The quantitative estimate of drug-likeness (QED) is 0.336. The van der Waals surface area contributed by atoms with Crippen LogP contribution in [-0.2, 0) is 12.8 Å². The number of hydrogen-bond acceptors (Lipinski definition) is 3. The average Bonchev–Trinajstić information content (AvgIpc) is 3.43. The molecule has 0 aliphatic carbocycles. The van der Waals surface area contributed by atoms with Gasteiger partial charge in [0.25, 0.3) is 0 Å². The van der Waals surface area contributed by atoms with Crippen molar-refractivity contribution in [2.45, 2.75) is 23.3 Å². The van der Waals surface area contributed by atoms with Gasteiger partial charge in [-0.3, -0.25) is 0 Å². The molecule has 0 saturated carbocycles. The molecular formula is C24H22O2S. The van der Waals surface area contributed by atoms with Crippen LogP contribution in [0.2, 0.25) is 0 Å². The number of benzene rings is 2. The fourth-order valence-electron chi connectivity index (χ4n) is 3.24. The van der Waals surface area contributed by atoms with Gasteiger partial charge in [0.2, 0.25) is 0 Å². The first-order valence-electron chi connectivity index (χ1n) is 9.18. The third kappa shape index (κ3) is 4.75. The maximum Gasteiger partial charge on any atom is 0.117 e. The zero-order valence-corrected chi connectivity index (χ0v) is 15.8. The number of rotatable bonds is 8. The highest BCUT2D eigenvalue weighted by Crippen LogP contribution is 2.44. The van der Waals surface area contributed by atoms with Gasteiger partial charge in [-0.15, -0.1) is 11.8 Å². The number of thioether (sulfide) groups is 1. The average molecular weight is 375 g/mol. The first kappa shape index (κ1) is 17.7. The predicted octanol–water partition coefficient (Wildman–Crippen LogP) is 6.87. The van der Waals surface area contributed by atoms with Gasteiger partial charge >= 0.3 is 0 Å². The van der Waals surface area contributed by atoms with E-state index in [1.54, 1.807) is 12.5 Å². The Morgan fingerprint density at radius 3 is 1.37 bits per heavy atom. The number of furan rings is 2. The molecule has 136 valence electrons. The molecule has 0 bridgehead atoms. The minimum Gasteiger partial charge on any atom is -0.468 e. The largest absolute Gasteiger partial charge is 0.468 e. The van der Waals surface area contributed by atoms with Crippen LogP contribution in [0.4, 0.5) is 0 Å². The van der Waals surface area contributed by atoms with E-state index in [1.807, 2.05) is 23.9 Å². The van der Waals surface area contributed by atoms with Crippen LogP contribution in [0.1, 0.15) is 33.1 Å². The van der Waals surface area contributed by atoms with Crippen molar-refractivity contribution >= 4 is 11.8 Å². The summed E-state index contributed by atoms with van der Waals surface area (Å²) in [4.78, 5) is 0. The van der Waals surface area contributed by atoms with Crippen molar-refractivity contribution in [1.29, 1.82) is 0 Å². The molecule has 2 unspecified atom stereocenters. The van der Waals surface area contributed by atoms with E-state index in [2.05, 4.69) is 72.8 Å². The summed E-state index contributed by atoms with van der Waals surface area (Å²) in [5.74, 6) is 2.02. The molecule has 2 aromatic carbocycles. The summed E-state index contributed by atoms with van der Waals surface area (Å²) in [6.45, 7) is 0. The van der Waals surface area contributed by atoms with Crippen LogP contribution in [0, 0.1) is 0 Å². The van der Waals surface area contributed by atoms with E-state index in [9.17, 15) is 0 Å². The highest BCUT2D eigenvalue weighted by Gasteiger charge is 2.24. The van der Waals surface area contributed by atoms with Crippen molar-refractivity contribution in [2.24, 2.45) is 0 Å². The minimum atomic E-state index is 0.223. The summed E-state index contributed by atoms with van der Waals surface area (Å²) in [5, 5.41) is 0.447. The summed E-state index contributed by atoms with van der Waals surface area (Å²) in [6, 6.07) is 29.3. The van der Waals surface area contributed by atoms with Crippen LogP contribution < -0.4 is 0 Å². The van der Waals surface area contributed by atoms with E-state index >= 15 is 0 Å². The zero-order chi connectivity index (χ0) is 18.3. The molecule has 0 spiro atoms. The molecule has 4 rings (SSSR count). The molecule has 3 heteroatoms. The summed E-state index contributed by atoms with van der Waals surface area (Å²) in [7, 11) is 0. The Balaban J connectivity index is 1.59. The van der Waals surface area contributed by atoms with Gasteiger partial charge in [0.05, 0.1) is 23.0 Å². The molecule has 4 aromatic rings. The van der Waals surface area contributed by atoms with Crippen LogP contribution in [0.25, 0.3) is 0 Å². The Kier molecular flexibility index (Phi) is 5.80. The SMILES string of the molecule is c1ccc(CC(SC(Cc2ccccc2)c2ccco2)c2ccco2)cc1. The summed E-state index contributed by atoms with van der Waals surface area (Å²) >= 11 is 1.91. The Morgan fingerprint density at radius 1 is 0.556 bits per heavy atom. The summed E-state index contributed by atoms with van der Waals surface area (Å²) < 4.78 is 11.6. The molecule has 0 N–H and O–H groups in total. The molecule has 0 radical (unpaired) electrons. The van der Waals surface area contributed by atoms with Gasteiger partial charge in [-0.25, -0.2) is 0 Å². The van der Waals surface area contributed by atoms with Crippen LogP contribution in [0.15, 0.2) is 106 Å². The fourth-order valence-corrected chi connectivity index (χ4v) is 4.75. The molecule has 27 heavy (non-hydrogen) atoms. The van der Waals surface area contributed by atoms with Gasteiger partial charge < -0.3 is 8.83 Å². The van der Waals surface area contributed by atoms with E-state index in [0.29, 0.717) is 0 Å². The fraction of sp³-hybridized carbons (Fsp3) is 0.167. The van der Waals surface area contributed by atoms with Crippen molar-refractivity contribution in [3.05, 3.63) is 120 Å². The van der Waals surface area contributed by atoms with Gasteiger partial charge in [-0.05, 0) is 48.2 Å². The topological polar surface area (TPSA) is 26.3 Å². The van der Waals surface area contributed by atoms with Gasteiger partial charge in [0, 0.05) is 0 Å².